The number of alkyl halides is 2. The predicted octanol–water partition coefficient (Wildman–Crippen LogP) is 2.18. The van der Waals surface area contributed by atoms with Gasteiger partial charge in [0.25, 0.3) is 12.0 Å². The molecule has 0 saturated carbocycles. The minimum absolute atomic E-state index is 0.0615. The van der Waals surface area contributed by atoms with Gasteiger partial charge in [0.15, 0.2) is 0 Å². The van der Waals surface area contributed by atoms with Gasteiger partial charge in [-0.25, -0.2) is 8.78 Å². The highest BCUT2D eigenvalue weighted by molar-refractivity contribution is 9.10. The minimum Gasteiger partial charge on any atom is -0.466 e. The first-order valence-electron chi connectivity index (χ1n) is 4.81. The second kappa shape index (κ2) is 5.90. The van der Waals surface area contributed by atoms with Gasteiger partial charge in [-0.05, 0) is 28.9 Å². The van der Waals surface area contributed by atoms with Gasteiger partial charge in [0.1, 0.15) is 0 Å². The number of nitrogens with one attached hydrogen (secondary N) is 1. The monoisotopic (exact) mass is 309 g/mol. The van der Waals surface area contributed by atoms with Gasteiger partial charge in [-0.1, -0.05) is 0 Å². The van der Waals surface area contributed by atoms with Crippen molar-refractivity contribution in [3.63, 3.8) is 0 Å². The smallest absolute Gasteiger partial charge is 0.310 e. The lowest BCUT2D eigenvalue weighted by atomic mass is 10.2. The topological polar surface area (TPSA) is 59.2 Å². The molecule has 1 aromatic heterocycles. The number of aromatic nitrogens is 1. The standard InChI is InChI=1S/C10H10BrF2NO3/c1-2-17-7(15)4-5-3-6(11)8(9(12)13)14-10(5)16/h3,9H,2,4H2,1H3,(H,14,16). The molecule has 0 unspecified atom stereocenters. The summed E-state index contributed by atoms with van der Waals surface area (Å²) in [4.78, 5) is 24.6. The molecule has 0 saturated heterocycles. The zero-order valence-electron chi connectivity index (χ0n) is 8.93. The summed E-state index contributed by atoms with van der Waals surface area (Å²) in [6.07, 6.45) is -3.03. The summed E-state index contributed by atoms with van der Waals surface area (Å²) in [7, 11) is 0. The Bertz CT molecular complexity index is 473. The number of halogens is 3. The third-order valence-corrected chi connectivity index (χ3v) is 2.61. The zero-order valence-corrected chi connectivity index (χ0v) is 10.5. The molecule has 1 N–H and O–H groups in total. The fourth-order valence-corrected chi connectivity index (χ4v) is 1.76. The van der Waals surface area contributed by atoms with Crippen LogP contribution in [-0.2, 0) is 16.0 Å². The molecular formula is C10H10BrF2NO3. The van der Waals surface area contributed by atoms with Crippen LogP contribution in [0, 0.1) is 0 Å². The first kappa shape index (κ1) is 13.8. The number of aromatic amines is 1. The summed E-state index contributed by atoms with van der Waals surface area (Å²) in [6, 6.07) is 1.21. The van der Waals surface area contributed by atoms with Crippen LogP contribution >= 0.6 is 15.9 Å². The van der Waals surface area contributed by atoms with Crippen LogP contribution in [0.3, 0.4) is 0 Å². The molecule has 94 valence electrons. The van der Waals surface area contributed by atoms with Gasteiger partial charge in [0.05, 0.1) is 18.7 Å². The Labute approximate surface area is 104 Å². The van der Waals surface area contributed by atoms with Crippen molar-refractivity contribution >= 4 is 21.9 Å². The van der Waals surface area contributed by atoms with Gasteiger partial charge in [0.2, 0.25) is 0 Å². The first-order chi connectivity index (χ1) is 7.95. The number of pyridine rings is 1. The van der Waals surface area contributed by atoms with Gasteiger partial charge in [-0.15, -0.1) is 0 Å². The summed E-state index contributed by atoms with van der Waals surface area (Å²) in [5.74, 6) is -0.574. The van der Waals surface area contributed by atoms with E-state index in [0.717, 1.165) is 0 Å². The van der Waals surface area contributed by atoms with Crippen LogP contribution in [0.25, 0.3) is 0 Å². The first-order valence-corrected chi connectivity index (χ1v) is 5.60. The Kier molecular flexibility index (Phi) is 4.80. The van der Waals surface area contributed by atoms with Crippen LogP contribution in [0.2, 0.25) is 0 Å². The number of ether oxygens (including phenoxy) is 1. The highest BCUT2D eigenvalue weighted by atomic mass is 79.9. The lowest BCUT2D eigenvalue weighted by Crippen LogP contribution is -2.19. The van der Waals surface area contributed by atoms with E-state index in [4.69, 9.17) is 0 Å². The Morgan fingerprint density at radius 2 is 2.24 bits per heavy atom. The molecule has 0 aromatic carbocycles. The van der Waals surface area contributed by atoms with E-state index in [1.54, 1.807) is 6.92 Å². The Hall–Kier alpha value is -1.24. The van der Waals surface area contributed by atoms with Crippen LogP contribution < -0.4 is 5.56 Å². The van der Waals surface area contributed by atoms with E-state index in [2.05, 4.69) is 20.7 Å². The third-order valence-electron chi connectivity index (χ3n) is 1.96. The quantitative estimate of drug-likeness (QED) is 0.867. The molecule has 0 amide bonds. The minimum atomic E-state index is -2.78. The number of hydrogen-bond donors (Lipinski definition) is 1. The normalized spacial score (nSPS) is 10.6. The predicted molar refractivity (Wildman–Crippen MR) is 60.1 cm³/mol. The van der Waals surface area contributed by atoms with E-state index in [0.29, 0.717) is 0 Å². The van der Waals surface area contributed by atoms with Crippen LogP contribution in [0.1, 0.15) is 24.6 Å². The van der Waals surface area contributed by atoms with Crippen LogP contribution in [-0.4, -0.2) is 17.6 Å². The largest absolute Gasteiger partial charge is 0.466 e. The number of rotatable bonds is 4. The number of hydrogen-bond acceptors (Lipinski definition) is 3. The van der Waals surface area contributed by atoms with Gasteiger partial charge in [0, 0.05) is 10.0 Å². The van der Waals surface area contributed by atoms with Crippen molar-refractivity contribution in [3.05, 3.63) is 32.2 Å². The van der Waals surface area contributed by atoms with Crippen LogP contribution in [0.15, 0.2) is 15.3 Å². The number of H-pyrrole nitrogens is 1. The second-order valence-electron chi connectivity index (χ2n) is 3.17. The molecule has 0 radical (unpaired) electrons. The number of carbonyl (C=O) groups excluding carboxylic acids is 1. The summed E-state index contributed by atoms with van der Waals surface area (Å²) >= 11 is 2.91. The van der Waals surface area contributed by atoms with Crippen molar-refractivity contribution < 1.29 is 18.3 Å². The van der Waals surface area contributed by atoms with Crippen LogP contribution in [0.4, 0.5) is 8.78 Å². The van der Waals surface area contributed by atoms with Gasteiger partial charge >= 0.3 is 5.97 Å². The zero-order chi connectivity index (χ0) is 13.0. The Morgan fingerprint density at radius 1 is 1.59 bits per heavy atom. The van der Waals surface area contributed by atoms with Gasteiger partial charge in [-0.3, -0.25) is 9.59 Å². The second-order valence-corrected chi connectivity index (χ2v) is 4.02. The molecule has 1 heterocycles. The lowest BCUT2D eigenvalue weighted by molar-refractivity contribution is -0.142. The average molecular weight is 310 g/mol. The molecule has 0 spiro atoms. The molecule has 4 nitrogen and oxygen atoms in total. The average Bonchev–Trinajstić information content (AvgIpc) is 2.22. The highest BCUT2D eigenvalue weighted by Crippen LogP contribution is 2.24. The van der Waals surface area contributed by atoms with E-state index in [-0.39, 0.29) is 23.1 Å². The van der Waals surface area contributed by atoms with E-state index in [1.165, 1.54) is 6.07 Å². The Balaban J connectivity index is 3.00. The van der Waals surface area contributed by atoms with E-state index < -0.39 is 23.6 Å². The molecule has 0 aliphatic rings. The van der Waals surface area contributed by atoms with Gasteiger partial charge < -0.3 is 9.72 Å². The van der Waals surface area contributed by atoms with E-state index in [9.17, 15) is 18.4 Å². The highest BCUT2D eigenvalue weighted by Gasteiger charge is 2.16. The van der Waals surface area contributed by atoms with Crippen molar-refractivity contribution in [2.45, 2.75) is 19.8 Å². The van der Waals surface area contributed by atoms with Crippen molar-refractivity contribution in [1.29, 1.82) is 0 Å². The fraction of sp³-hybridized carbons (Fsp3) is 0.400. The van der Waals surface area contributed by atoms with Crippen molar-refractivity contribution in [2.75, 3.05) is 6.61 Å². The lowest BCUT2D eigenvalue weighted by Gasteiger charge is -2.06. The summed E-state index contributed by atoms with van der Waals surface area (Å²) in [5, 5.41) is 0. The molecule has 0 aliphatic heterocycles. The molecule has 0 fully saturated rings. The molecule has 1 rings (SSSR count). The van der Waals surface area contributed by atoms with Crippen LogP contribution in [0.5, 0.6) is 0 Å². The molecule has 17 heavy (non-hydrogen) atoms. The van der Waals surface area contributed by atoms with E-state index in [1.807, 2.05) is 4.98 Å². The summed E-state index contributed by atoms with van der Waals surface area (Å²) in [6.45, 7) is 1.84. The Morgan fingerprint density at radius 3 is 2.76 bits per heavy atom. The molecule has 0 bridgehead atoms. The van der Waals surface area contributed by atoms with Gasteiger partial charge in [-0.2, -0.15) is 0 Å². The van der Waals surface area contributed by atoms with Crippen molar-refractivity contribution in [1.82, 2.24) is 4.98 Å². The van der Waals surface area contributed by atoms with Crippen molar-refractivity contribution in [3.8, 4) is 0 Å². The molecule has 7 heteroatoms. The fourth-order valence-electron chi connectivity index (χ4n) is 1.22. The van der Waals surface area contributed by atoms with Crippen molar-refractivity contribution in [2.24, 2.45) is 0 Å². The summed E-state index contributed by atoms with van der Waals surface area (Å²) < 4.78 is 29.6. The summed E-state index contributed by atoms with van der Waals surface area (Å²) in [5.41, 5.74) is -1.13. The maximum Gasteiger partial charge on any atom is 0.310 e. The molecular weight excluding hydrogens is 300 g/mol. The van der Waals surface area contributed by atoms with E-state index >= 15 is 0 Å². The molecule has 0 aliphatic carbocycles. The number of esters is 1. The maximum atomic E-state index is 12.4. The third kappa shape index (κ3) is 3.62. The number of carbonyl (C=O) groups is 1. The maximum absolute atomic E-state index is 12.4. The SMILES string of the molecule is CCOC(=O)Cc1cc(Br)c(C(F)F)[nH]c1=O. The molecule has 1 aromatic rings. The molecule has 0 atom stereocenters.